The number of rotatable bonds is 15. The molecule has 0 aromatic rings. The van der Waals surface area contributed by atoms with Crippen LogP contribution in [0.4, 0.5) is 0 Å². The summed E-state index contributed by atoms with van der Waals surface area (Å²) in [7, 11) is 0. The minimum absolute atomic E-state index is 0.206. The molecule has 0 saturated carbocycles. The molecule has 2 unspecified atom stereocenters. The number of aliphatic hydroxyl groups is 2. The van der Waals surface area contributed by atoms with Gasteiger partial charge in [-0.1, -0.05) is 25.7 Å². The summed E-state index contributed by atoms with van der Waals surface area (Å²) < 4.78 is 1.23. The lowest BCUT2D eigenvalue weighted by molar-refractivity contribution is 0.339. The standard InChI is InChI=1S/C18H30O2S6/c19-9-15-11-23-17(25-15)13-21-7-5-3-1-2-4-6-8-22-14-18-24-12-16(10-20)26-18/h11-12,17-20H,1-10,13-14H2. The van der Waals surface area contributed by atoms with Crippen molar-refractivity contribution in [3.63, 3.8) is 0 Å². The number of thioether (sulfide) groups is 6. The second-order valence-corrected chi connectivity index (χ2v) is 13.8. The van der Waals surface area contributed by atoms with Crippen molar-refractivity contribution < 1.29 is 10.2 Å². The number of aliphatic hydroxyl groups excluding tert-OH is 2. The molecule has 2 N–H and O–H groups in total. The van der Waals surface area contributed by atoms with Crippen LogP contribution in [0.1, 0.15) is 38.5 Å². The molecule has 0 radical (unpaired) electrons. The van der Waals surface area contributed by atoms with E-state index in [1.165, 1.54) is 61.5 Å². The van der Waals surface area contributed by atoms with Gasteiger partial charge in [0.1, 0.15) is 0 Å². The lowest BCUT2D eigenvalue weighted by Crippen LogP contribution is -1.98. The Hall–Kier alpha value is 1.50. The van der Waals surface area contributed by atoms with Crippen molar-refractivity contribution in [1.29, 1.82) is 0 Å². The highest BCUT2D eigenvalue weighted by molar-refractivity contribution is 8.24. The maximum atomic E-state index is 9.09. The third-order valence-electron chi connectivity index (χ3n) is 3.92. The predicted octanol–water partition coefficient (Wildman–Crippen LogP) is 6.07. The maximum Gasteiger partial charge on any atom is 0.0746 e. The monoisotopic (exact) mass is 470 g/mol. The number of unbranched alkanes of at least 4 members (excludes halogenated alkanes) is 5. The van der Waals surface area contributed by atoms with Crippen molar-refractivity contribution in [2.45, 2.75) is 47.7 Å². The van der Waals surface area contributed by atoms with E-state index in [9.17, 15) is 0 Å². The van der Waals surface area contributed by atoms with Crippen LogP contribution in [0.2, 0.25) is 0 Å². The van der Waals surface area contributed by atoms with Crippen LogP contribution >= 0.6 is 70.6 Å². The molecule has 0 aromatic carbocycles. The molecule has 2 rings (SSSR count). The van der Waals surface area contributed by atoms with Gasteiger partial charge in [0, 0.05) is 21.3 Å². The molecule has 2 heterocycles. The van der Waals surface area contributed by atoms with Crippen molar-refractivity contribution >= 4 is 70.6 Å². The molecule has 0 amide bonds. The van der Waals surface area contributed by atoms with Crippen LogP contribution in [-0.4, -0.2) is 55.6 Å². The fraction of sp³-hybridized carbons (Fsp3) is 0.778. The first-order valence-corrected chi connectivity index (χ1v) is 15.2. The van der Waals surface area contributed by atoms with E-state index in [0.29, 0.717) is 9.16 Å². The summed E-state index contributed by atoms with van der Waals surface area (Å²) in [5.74, 6) is 4.95. The lowest BCUT2D eigenvalue weighted by atomic mass is 10.1. The zero-order valence-corrected chi connectivity index (χ0v) is 20.0. The molecule has 2 aliphatic rings. The van der Waals surface area contributed by atoms with E-state index in [2.05, 4.69) is 34.3 Å². The molecule has 8 heteroatoms. The van der Waals surface area contributed by atoms with E-state index in [4.69, 9.17) is 10.2 Å². The van der Waals surface area contributed by atoms with Crippen molar-refractivity contribution in [3.05, 3.63) is 20.6 Å². The lowest BCUT2D eigenvalue weighted by Gasteiger charge is -2.09. The fourth-order valence-electron chi connectivity index (χ4n) is 2.52. The Morgan fingerprint density at radius 3 is 1.50 bits per heavy atom. The highest BCUT2D eigenvalue weighted by Crippen LogP contribution is 2.41. The average Bonchev–Trinajstić information content (AvgIpc) is 3.31. The number of hydrogen-bond acceptors (Lipinski definition) is 8. The molecular weight excluding hydrogens is 441 g/mol. The van der Waals surface area contributed by atoms with Crippen molar-refractivity contribution in [2.24, 2.45) is 0 Å². The molecule has 2 nitrogen and oxygen atoms in total. The summed E-state index contributed by atoms with van der Waals surface area (Å²) in [5.41, 5.74) is 0. The van der Waals surface area contributed by atoms with Gasteiger partial charge >= 0.3 is 0 Å². The molecule has 150 valence electrons. The molecule has 0 aromatic heterocycles. The molecule has 0 aliphatic carbocycles. The van der Waals surface area contributed by atoms with E-state index < -0.39 is 0 Å². The van der Waals surface area contributed by atoms with E-state index in [1.54, 1.807) is 0 Å². The highest BCUT2D eigenvalue weighted by atomic mass is 32.2. The van der Waals surface area contributed by atoms with E-state index in [1.807, 2.05) is 47.0 Å². The summed E-state index contributed by atoms with van der Waals surface area (Å²) in [6.45, 7) is 0.412. The summed E-state index contributed by atoms with van der Waals surface area (Å²) in [6, 6.07) is 0. The first-order chi connectivity index (χ1) is 12.8. The Morgan fingerprint density at radius 2 is 1.12 bits per heavy atom. The molecular formula is C18H30O2S6. The summed E-state index contributed by atoms with van der Waals surface area (Å²) in [4.78, 5) is 2.26. The van der Waals surface area contributed by atoms with Gasteiger partial charge in [0.25, 0.3) is 0 Å². The molecule has 0 saturated heterocycles. The molecule has 0 spiro atoms. The second-order valence-electron chi connectivity index (χ2n) is 6.12. The van der Waals surface area contributed by atoms with Gasteiger partial charge < -0.3 is 10.2 Å². The highest BCUT2D eigenvalue weighted by Gasteiger charge is 2.18. The van der Waals surface area contributed by atoms with Crippen LogP contribution in [0.5, 0.6) is 0 Å². The van der Waals surface area contributed by atoms with Gasteiger partial charge in [0.05, 0.1) is 22.4 Å². The smallest absolute Gasteiger partial charge is 0.0746 e. The summed E-state index contributed by atoms with van der Waals surface area (Å²) >= 11 is 11.5. The summed E-state index contributed by atoms with van der Waals surface area (Å²) in [6.07, 6.45) is 8.20. The van der Waals surface area contributed by atoms with Crippen molar-refractivity contribution in [2.75, 3.05) is 36.2 Å². The van der Waals surface area contributed by atoms with E-state index in [0.717, 1.165) is 9.81 Å². The second kappa shape index (κ2) is 15.4. The van der Waals surface area contributed by atoms with Crippen LogP contribution in [0.25, 0.3) is 0 Å². The Kier molecular flexibility index (Phi) is 14.0. The quantitative estimate of drug-likeness (QED) is 0.279. The zero-order valence-electron chi connectivity index (χ0n) is 15.1. The van der Waals surface area contributed by atoms with E-state index in [-0.39, 0.29) is 13.2 Å². The third kappa shape index (κ3) is 10.3. The van der Waals surface area contributed by atoms with Gasteiger partial charge in [-0.05, 0) is 35.2 Å². The Balaban J connectivity index is 1.27. The van der Waals surface area contributed by atoms with Crippen LogP contribution in [0, 0.1) is 0 Å². The molecule has 0 fully saturated rings. The molecule has 2 aliphatic heterocycles. The van der Waals surface area contributed by atoms with Crippen LogP contribution in [0.3, 0.4) is 0 Å². The van der Waals surface area contributed by atoms with Gasteiger partial charge in [-0.2, -0.15) is 23.5 Å². The van der Waals surface area contributed by atoms with Crippen molar-refractivity contribution in [1.82, 2.24) is 0 Å². The fourth-order valence-corrected chi connectivity index (χ4v) is 10.3. The van der Waals surface area contributed by atoms with Gasteiger partial charge in [-0.15, -0.1) is 47.0 Å². The third-order valence-corrected chi connectivity index (χ3v) is 12.3. The average molecular weight is 471 g/mol. The zero-order chi connectivity index (χ0) is 18.5. The molecule has 2 atom stereocenters. The minimum atomic E-state index is 0.206. The predicted molar refractivity (Wildman–Crippen MR) is 131 cm³/mol. The minimum Gasteiger partial charge on any atom is -0.391 e. The van der Waals surface area contributed by atoms with Crippen LogP contribution < -0.4 is 0 Å². The maximum absolute atomic E-state index is 9.09. The molecule has 0 bridgehead atoms. The summed E-state index contributed by atoms with van der Waals surface area (Å²) in [5, 5.41) is 22.4. The largest absolute Gasteiger partial charge is 0.391 e. The topological polar surface area (TPSA) is 40.5 Å². The Morgan fingerprint density at radius 1 is 0.692 bits per heavy atom. The van der Waals surface area contributed by atoms with Gasteiger partial charge in [-0.3, -0.25) is 0 Å². The molecule has 26 heavy (non-hydrogen) atoms. The van der Waals surface area contributed by atoms with Gasteiger partial charge in [-0.25, -0.2) is 0 Å². The Bertz CT molecular complexity index is 403. The van der Waals surface area contributed by atoms with Gasteiger partial charge in [0.15, 0.2) is 0 Å². The first-order valence-electron chi connectivity index (χ1n) is 9.21. The van der Waals surface area contributed by atoms with Crippen molar-refractivity contribution in [3.8, 4) is 0 Å². The van der Waals surface area contributed by atoms with Crippen LogP contribution in [0.15, 0.2) is 20.6 Å². The van der Waals surface area contributed by atoms with Gasteiger partial charge in [0.2, 0.25) is 0 Å². The first kappa shape index (κ1) is 23.8. The Labute approximate surface area is 184 Å². The van der Waals surface area contributed by atoms with E-state index >= 15 is 0 Å². The normalized spacial score (nSPS) is 22.7. The SMILES string of the molecule is OCC1=CSC(CSCCCCCCCCSCC2SC=C(CO)S2)S1. The van der Waals surface area contributed by atoms with Crippen LogP contribution in [-0.2, 0) is 0 Å². The number of hydrogen-bond donors (Lipinski definition) is 2.